The van der Waals surface area contributed by atoms with Gasteiger partial charge in [0.25, 0.3) is 5.91 Å². The summed E-state index contributed by atoms with van der Waals surface area (Å²) in [6.07, 6.45) is 3.68. The number of nitrogens with zero attached hydrogens (tertiary/aromatic N) is 4. The Kier molecular flexibility index (Phi) is 4.19. The molecule has 1 amide bonds. The van der Waals surface area contributed by atoms with Gasteiger partial charge >= 0.3 is 0 Å². The van der Waals surface area contributed by atoms with Crippen LogP contribution in [0.4, 0.5) is 5.69 Å². The van der Waals surface area contributed by atoms with E-state index in [4.69, 9.17) is 0 Å². The molecule has 0 radical (unpaired) electrons. The maximum Gasteiger partial charge on any atom is 0.256 e. The number of fused-ring (bicyclic) bond motifs is 1. The summed E-state index contributed by atoms with van der Waals surface area (Å²) in [4.78, 5) is 12.3. The number of anilines is 1. The van der Waals surface area contributed by atoms with Crippen LogP contribution in [0.15, 0.2) is 79.0 Å². The lowest BCUT2D eigenvalue weighted by Gasteiger charge is -2.02. The number of rotatable bonds is 3. The molecule has 5 rings (SSSR count). The van der Waals surface area contributed by atoms with Crippen LogP contribution in [0.2, 0.25) is 0 Å². The third-order valence-electron chi connectivity index (χ3n) is 4.99. The lowest BCUT2D eigenvalue weighted by Crippen LogP contribution is -2.03. The zero-order valence-corrected chi connectivity index (χ0v) is 15.8. The van der Waals surface area contributed by atoms with Gasteiger partial charge in [-0.25, -0.2) is 4.68 Å². The van der Waals surface area contributed by atoms with Gasteiger partial charge in [-0.3, -0.25) is 4.79 Å². The molecular formula is C24H15N5O. The van der Waals surface area contributed by atoms with Crippen LogP contribution in [-0.4, -0.2) is 20.9 Å². The summed E-state index contributed by atoms with van der Waals surface area (Å²) in [6.45, 7) is 0. The molecule has 4 aromatic rings. The lowest BCUT2D eigenvalue weighted by molar-refractivity contribution is -0.110. The minimum atomic E-state index is -0.0978. The van der Waals surface area contributed by atoms with E-state index < -0.39 is 0 Å². The number of benzene rings is 3. The van der Waals surface area contributed by atoms with Crippen LogP contribution in [0.3, 0.4) is 0 Å². The maximum absolute atomic E-state index is 12.3. The number of para-hydroxylation sites is 2. The van der Waals surface area contributed by atoms with Crippen molar-refractivity contribution in [2.24, 2.45) is 0 Å². The van der Waals surface area contributed by atoms with Gasteiger partial charge in [-0.2, -0.15) is 5.26 Å². The second kappa shape index (κ2) is 7.15. The van der Waals surface area contributed by atoms with Crippen molar-refractivity contribution in [3.8, 4) is 23.0 Å². The van der Waals surface area contributed by atoms with E-state index in [1.807, 2.05) is 72.8 Å². The highest BCUT2D eigenvalue weighted by atomic mass is 16.2. The third-order valence-corrected chi connectivity index (χ3v) is 4.99. The summed E-state index contributed by atoms with van der Waals surface area (Å²) in [7, 11) is 0. The Morgan fingerprint density at radius 2 is 1.73 bits per heavy atom. The van der Waals surface area contributed by atoms with Gasteiger partial charge in [0.2, 0.25) is 0 Å². The molecule has 1 N–H and O–H groups in total. The first-order valence-corrected chi connectivity index (χ1v) is 9.38. The topological polar surface area (TPSA) is 83.6 Å². The molecule has 6 heteroatoms. The molecule has 0 saturated heterocycles. The number of amides is 1. The van der Waals surface area contributed by atoms with Gasteiger partial charge < -0.3 is 5.32 Å². The highest BCUT2D eigenvalue weighted by Crippen LogP contribution is 2.32. The molecule has 0 unspecified atom stereocenters. The van der Waals surface area contributed by atoms with Gasteiger partial charge in [-0.1, -0.05) is 59.8 Å². The predicted octanol–water partition coefficient (Wildman–Crippen LogP) is 4.30. The Bertz CT molecular complexity index is 1340. The molecular weight excluding hydrogens is 374 g/mol. The summed E-state index contributed by atoms with van der Waals surface area (Å²) < 4.78 is 1.60. The van der Waals surface area contributed by atoms with E-state index in [1.165, 1.54) is 0 Å². The molecule has 0 spiro atoms. The van der Waals surface area contributed by atoms with Gasteiger partial charge in [-0.05, 0) is 29.8 Å². The normalized spacial score (nSPS) is 13.7. The van der Waals surface area contributed by atoms with Gasteiger partial charge in [-0.15, -0.1) is 5.10 Å². The molecule has 0 atom stereocenters. The number of nitriles is 1. The molecule has 142 valence electrons. The quantitative estimate of drug-likeness (QED) is 0.530. The van der Waals surface area contributed by atoms with Gasteiger partial charge in [0.15, 0.2) is 0 Å². The van der Waals surface area contributed by atoms with E-state index in [0.717, 1.165) is 22.4 Å². The van der Waals surface area contributed by atoms with Crippen LogP contribution in [0.25, 0.3) is 28.6 Å². The van der Waals surface area contributed by atoms with Crippen molar-refractivity contribution in [3.05, 3.63) is 95.7 Å². The van der Waals surface area contributed by atoms with E-state index in [-0.39, 0.29) is 5.91 Å². The van der Waals surface area contributed by atoms with Gasteiger partial charge in [0.05, 0.1) is 17.4 Å². The number of aromatic nitrogens is 3. The fraction of sp³-hybridized carbons (Fsp3) is 0. The molecule has 30 heavy (non-hydrogen) atoms. The minimum absolute atomic E-state index is 0.0978. The highest BCUT2D eigenvalue weighted by Gasteiger charge is 2.23. The van der Waals surface area contributed by atoms with Crippen LogP contribution in [0.1, 0.15) is 16.7 Å². The van der Waals surface area contributed by atoms with Crippen molar-refractivity contribution in [2.45, 2.75) is 0 Å². The first kappa shape index (κ1) is 17.6. The van der Waals surface area contributed by atoms with Gasteiger partial charge in [0, 0.05) is 22.4 Å². The van der Waals surface area contributed by atoms with E-state index in [9.17, 15) is 10.1 Å². The average molecular weight is 389 g/mol. The van der Waals surface area contributed by atoms with Crippen molar-refractivity contribution in [3.63, 3.8) is 0 Å². The standard InChI is InChI=1S/C24H15N5O/c25-14-18-5-1-4-8-23(18)29-15-22(27-28-29)17-11-9-16(10-12-17)13-20-19-6-2-3-7-21(19)26-24(20)30/h1-13,15H,(H,26,30)/b20-13-. The fourth-order valence-electron chi connectivity index (χ4n) is 3.48. The van der Waals surface area contributed by atoms with Crippen molar-refractivity contribution in [2.75, 3.05) is 5.32 Å². The molecule has 2 heterocycles. The molecule has 0 saturated carbocycles. The second-order valence-corrected chi connectivity index (χ2v) is 6.86. The number of hydrogen-bond donors (Lipinski definition) is 1. The van der Waals surface area contributed by atoms with Crippen LogP contribution in [-0.2, 0) is 4.79 Å². The number of carbonyl (C=O) groups is 1. The van der Waals surface area contributed by atoms with E-state index >= 15 is 0 Å². The number of hydrogen-bond acceptors (Lipinski definition) is 4. The van der Waals surface area contributed by atoms with E-state index in [0.29, 0.717) is 22.5 Å². The van der Waals surface area contributed by atoms with Crippen molar-refractivity contribution < 1.29 is 4.79 Å². The molecule has 3 aromatic carbocycles. The van der Waals surface area contributed by atoms with Crippen LogP contribution >= 0.6 is 0 Å². The van der Waals surface area contributed by atoms with Crippen LogP contribution in [0, 0.1) is 11.3 Å². The first-order valence-electron chi connectivity index (χ1n) is 9.38. The molecule has 0 fully saturated rings. The van der Waals surface area contributed by atoms with Crippen molar-refractivity contribution in [1.82, 2.24) is 15.0 Å². The molecule has 0 bridgehead atoms. The highest BCUT2D eigenvalue weighted by molar-refractivity contribution is 6.34. The second-order valence-electron chi connectivity index (χ2n) is 6.86. The van der Waals surface area contributed by atoms with Gasteiger partial charge in [0.1, 0.15) is 11.8 Å². The van der Waals surface area contributed by atoms with Crippen molar-refractivity contribution >= 4 is 23.2 Å². The molecule has 1 aliphatic rings. The van der Waals surface area contributed by atoms with E-state index in [1.54, 1.807) is 16.9 Å². The molecule has 1 aliphatic heterocycles. The summed E-state index contributed by atoms with van der Waals surface area (Å²) in [5, 5.41) is 20.6. The fourth-order valence-corrected chi connectivity index (χ4v) is 3.48. The predicted molar refractivity (Wildman–Crippen MR) is 114 cm³/mol. The lowest BCUT2D eigenvalue weighted by atomic mass is 10.0. The minimum Gasteiger partial charge on any atom is -0.321 e. The Morgan fingerprint density at radius 1 is 0.967 bits per heavy atom. The SMILES string of the molecule is N#Cc1ccccc1-n1cc(-c2ccc(/C=C3\C(=O)Nc4ccccc43)cc2)nn1. The summed E-state index contributed by atoms with van der Waals surface area (Å²) in [6, 6.07) is 24.8. The maximum atomic E-state index is 12.3. The summed E-state index contributed by atoms with van der Waals surface area (Å²) >= 11 is 0. The Balaban J connectivity index is 1.44. The van der Waals surface area contributed by atoms with E-state index in [2.05, 4.69) is 21.7 Å². The zero-order valence-electron chi connectivity index (χ0n) is 15.8. The Morgan fingerprint density at radius 3 is 2.57 bits per heavy atom. The van der Waals surface area contributed by atoms with Crippen LogP contribution in [0.5, 0.6) is 0 Å². The summed E-state index contributed by atoms with van der Waals surface area (Å²) in [5.74, 6) is -0.0978. The zero-order chi connectivity index (χ0) is 20.5. The Hall–Kier alpha value is -4.50. The number of carbonyl (C=O) groups excluding carboxylic acids is 1. The molecule has 0 aliphatic carbocycles. The summed E-state index contributed by atoms with van der Waals surface area (Å²) in [5.41, 5.74) is 6.13. The third kappa shape index (κ3) is 3.05. The number of nitrogens with one attached hydrogen (secondary N) is 1. The Labute approximate surface area is 172 Å². The smallest absolute Gasteiger partial charge is 0.256 e. The monoisotopic (exact) mass is 389 g/mol. The average Bonchev–Trinajstić information content (AvgIpc) is 3.39. The van der Waals surface area contributed by atoms with Crippen molar-refractivity contribution in [1.29, 1.82) is 5.26 Å². The molecule has 6 nitrogen and oxygen atoms in total. The molecule has 1 aromatic heterocycles. The largest absolute Gasteiger partial charge is 0.321 e. The van der Waals surface area contributed by atoms with Crippen LogP contribution < -0.4 is 5.32 Å². The first-order chi connectivity index (χ1) is 14.7.